The second kappa shape index (κ2) is 5.22. The third-order valence-electron chi connectivity index (χ3n) is 4.01. The molecule has 0 aromatic rings. The van der Waals surface area contributed by atoms with Crippen LogP contribution < -0.4 is 0 Å². The lowest BCUT2D eigenvalue weighted by molar-refractivity contribution is -0.127. The fourth-order valence-corrected chi connectivity index (χ4v) is 2.60. The summed E-state index contributed by atoms with van der Waals surface area (Å²) in [5.41, 5.74) is 8.19. The van der Waals surface area contributed by atoms with E-state index >= 15 is 0 Å². The zero-order chi connectivity index (χ0) is 11.3. The van der Waals surface area contributed by atoms with Gasteiger partial charge in [-0.05, 0) is 38.0 Å². The second-order valence-corrected chi connectivity index (χ2v) is 4.59. The number of carbonyl (C=O) groups is 1. The molecule has 0 N–H and O–H groups in total. The van der Waals surface area contributed by atoms with Crippen molar-refractivity contribution in [3.05, 3.63) is 5.53 Å². The average molecular weight is 208 g/mol. The molecule has 1 aliphatic rings. The summed E-state index contributed by atoms with van der Waals surface area (Å²) in [6.45, 7) is 4.26. The first-order valence-electron chi connectivity index (χ1n) is 5.90. The molecule has 15 heavy (non-hydrogen) atoms. The molecule has 1 rings (SSSR count). The molecule has 0 aliphatic heterocycles. The number of nitrogens with zero attached hydrogens (tertiary/aromatic N) is 2. The van der Waals surface area contributed by atoms with Gasteiger partial charge in [-0.3, -0.25) is 4.79 Å². The highest BCUT2D eigenvalue weighted by Crippen LogP contribution is 2.42. The van der Waals surface area contributed by atoms with E-state index in [-0.39, 0.29) is 11.2 Å². The summed E-state index contributed by atoms with van der Waals surface area (Å²) >= 11 is 0. The molecule has 0 spiro atoms. The van der Waals surface area contributed by atoms with E-state index in [0.717, 1.165) is 44.2 Å². The van der Waals surface area contributed by atoms with Crippen LogP contribution in [0.25, 0.3) is 5.53 Å². The van der Waals surface area contributed by atoms with Crippen molar-refractivity contribution in [1.82, 2.24) is 0 Å². The van der Waals surface area contributed by atoms with Crippen LogP contribution in [0.4, 0.5) is 0 Å². The van der Waals surface area contributed by atoms with E-state index in [1.165, 1.54) is 6.42 Å². The van der Waals surface area contributed by atoms with Crippen molar-refractivity contribution >= 4 is 12.0 Å². The van der Waals surface area contributed by atoms with E-state index in [1.807, 2.05) is 0 Å². The van der Waals surface area contributed by atoms with Crippen molar-refractivity contribution in [3.8, 4) is 0 Å². The fraction of sp³-hybridized carbons (Fsp3) is 0.833. The van der Waals surface area contributed by atoms with Crippen LogP contribution in [0.3, 0.4) is 0 Å². The van der Waals surface area contributed by atoms with Gasteiger partial charge < -0.3 is 5.53 Å². The van der Waals surface area contributed by atoms with Gasteiger partial charge in [0.05, 0.1) is 0 Å². The van der Waals surface area contributed by atoms with Crippen LogP contribution >= 0.6 is 0 Å². The Morgan fingerprint density at radius 2 is 2.07 bits per heavy atom. The molecule has 1 aliphatic carbocycles. The minimum atomic E-state index is -0.238. The molecule has 1 fully saturated rings. The van der Waals surface area contributed by atoms with Gasteiger partial charge in [-0.25, -0.2) is 0 Å². The maximum atomic E-state index is 11.8. The first kappa shape index (κ1) is 12.1. The number of Topliss-reactive ketones (excluding diaryl/α,β-unsaturated/α-hetero) is 1. The van der Waals surface area contributed by atoms with E-state index in [0.29, 0.717) is 0 Å². The molecule has 0 amide bonds. The van der Waals surface area contributed by atoms with Gasteiger partial charge in [0.25, 0.3) is 0 Å². The Labute approximate surface area is 91.5 Å². The van der Waals surface area contributed by atoms with Gasteiger partial charge >= 0.3 is 6.21 Å². The smallest absolute Gasteiger partial charge is 0.323 e. The van der Waals surface area contributed by atoms with Crippen molar-refractivity contribution in [2.24, 2.45) is 11.3 Å². The summed E-state index contributed by atoms with van der Waals surface area (Å²) in [4.78, 5) is 14.7. The summed E-state index contributed by atoms with van der Waals surface area (Å²) in [7, 11) is 0. The van der Waals surface area contributed by atoms with Crippen molar-refractivity contribution in [2.45, 2.75) is 52.4 Å². The number of hydrogen-bond acceptors (Lipinski definition) is 1. The Balaban J connectivity index is 2.71. The minimum Gasteiger partial charge on any atom is -0.361 e. The van der Waals surface area contributed by atoms with Crippen molar-refractivity contribution in [2.75, 3.05) is 0 Å². The number of ketones is 1. The Hall–Kier alpha value is -0.950. The summed E-state index contributed by atoms with van der Waals surface area (Å²) < 4.78 is 0. The van der Waals surface area contributed by atoms with Crippen LogP contribution in [0.1, 0.15) is 52.4 Å². The van der Waals surface area contributed by atoms with Crippen LogP contribution in [0.5, 0.6) is 0 Å². The molecule has 0 heterocycles. The van der Waals surface area contributed by atoms with Crippen LogP contribution in [-0.2, 0) is 4.79 Å². The summed E-state index contributed by atoms with van der Waals surface area (Å²) in [6, 6.07) is 0. The second-order valence-electron chi connectivity index (χ2n) is 4.59. The van der Waals surface area contributed by atoms with Gasteiger partial charge in [0.1, 0.15) is 0 Å². The van der Waals surface area contributed by atoms with Crippen molar-refractivity contribution in [1.29, 1.82) is 0 Å². The van der Waals surface area contributed by atoms with Crippen LogP contribution in [-0.4, -0.2) is 16.8 Å². The highest BCUT2D eigenvalue weighted by Gasteiger charge is 2.40. The normalized spacial score (nSPS) is 30.7. The lowest BCUT2D eigenvalue weighted by Gasteiger charge is -2.36. The minimum absolute atomic E-state index is 0.00190. The molecule has 0 unspecified atom stereocenters. The van der Waals surface area contributed by atoms with E-state index in [4.69, 9.17) is 5.53 Å². The molecule has 0 bridgehead atoms. The van der Waals surface area contributed by atoms with E-state index < -0.39 is 0 Å². The van der Waals surface area contributed by atoms with Gasteiger partial charge in [0.2, 0.25) is 5.78 Å². The van der Waals surface area contributed by atoms with Crippen LogP contribution in [0.15, 0.2) is 0 Å². The monoisotopic (exact) mass is 208 g/mol. The van der Waals surface area contributed by atoms with Crippen LogP contribution in [0, 0.1) is 11.3 Å². The Bertz CT molecular complexity index is 271. The van der Waals surface area contributed by atoms with Gasteiger partial charge in [0.15, 0.2) is 0 Å². The van der Waals surface area contributed by atoms with Gasteiger partial charge in [0, 0.05) is 5.41 Å². The molecule has 1 saturated carbocycles. The maximum Gasteiger partial charge on any atom is 0.323 e. The fourth-order valence-electron chi connectivity index (χ4n) is 2.60. The highest BCUT2D eigenvalue weighted by molar-refractivity contribution is 6.27. The summed E-state index contributed by atoms with van der Waals surface area (Å²) in [5.74, 6) is 0.783. The highest BCUT2D eigenvalue weighted by atomic mass is 16.1. The predicted octanol–water partition coefficient (Wildman–Crippen LogP) is 2.85. The van der Waals surface area contributed by atoms with Crippen molar-refractivity contribution < 1.29 is 9.58 Å². The van der Waals surface area contributed by atoms with E-state index in [1.54, 1.807) is 0 Å². The van der Waals surface area contributed by atoms with Gasteiger partial charge in [-0.1, -0.05) is 20.3 Å². The Morgan fingerprint density at radius 1 is 1.47 bits per heavy atom. The Morgan fingerprint density at radius 3 is 2.47 bits per heavy atom. The maximum absolute atomic E-state index is 11.8. The van der Waals surface area contributed by atoms with Crippen LogP contribution in [0.2, 0.25) is 0 Å². The average Bonchev–Trinajstić information content (AvgIpc) is 2.29. The molecule has 0 aromatic carbocycles. The lowest BCUT2D eigenvalue weighted by Crippen LogP contribution is -2.35. The molecular formula is C12H20N2O. The molecule has 3 nitrogen and oxygen atoms in total. The van der Waals surface area contributed by atoms with Gasteiger partial charge in [-0.2, -0.15) is 4.79 Å². The number of hydrogen-bond donors (Lipinski definition) is 0. The third-order valence-corrected chi connectivity index (χ3v) is 4.01. The van der Waals surface area contributed by atoms with E-state index in [2.05, 4.69) is 18.6 Å². The third kappa shape index (κ3) is 2.54. The number of rotatable bonds is 4. The van der Waals surface area contributed by atoms with Gasteiger partial charge in [-0.15, -0.1) is 0 Å². The number of carbonyl (C=O) groups excluding carboxylic acids is 1. The molecule has 0 aromatic heterocycles. The topological polar surface area (TPSA) is 53.5 Å². The first-order chi connectivity index (χ1) is 7.18. The molecule has 3 heteroatoms. The summed E-state index contributed by atoms with van der Waals surface area (Å²) in [5, 5.41) is 0. The molecular weight excluding hydrogens is 188 g/mol. The quantitative estimate of drug-likeness (QED) is 0.398. The zero-order valence-electron chi connectivity index (χ0n) is 9.70. The molecule has 0 saturated heterocycles. The molecule has 0 atom stereocenters. The lowest BCUT2D eigenvalue weighted by atomic mass is 9.66. The van der Waals surface area contributed by atoms with E-state index in [9.17, 15) is 4.79 Å². The Kier molecular flexibility index (Phi) is 4.22. The zero-order valence-corrected chi connectivity index (χ0v) is 9.70. The standard InChI is InChI=1S/C12H20N2O/c1-3-10-5-7-12(4-2,8-6-10)11(15)9-14-13/h9-10H,3-8H2,1-2H3/t10-,12-. The van der Waals surface area contributed by atoms with Crippen molar-refractivity contribution in [3.63, 3.8) is 0 Å². The largest absolute Gasteiger partial charge is 0.361 e. The summed E-state index contributed by atoms with van der Waals surface area (Å²) in [6.07, 6.45) is 7.32. The predicted molar refractivity (Wildman–Crippen MR) is 59.7 cm³/mol. The first-order valence-corrected chi connectivity index (χ1v) is 5.90. The molecule has 0 radical (unpaired) electrons. The molecule has 84 valence electrons. The SMILES string of the molecule is CC[C@H]1CC[C@](CC)(C(=O)C=[N+]=[N-])CC1.